The van der Waals surface area contributed by atoms with E-state index in [1.54, 1.807) is 0 Å². The largest absolute Gasteiger partial charge is 0.480 e. The molecule has 2 N–H and O–H groups in total. The van der Waals surface area contributed by atoms with E-state index in [0.29, 0.717) is 6.54 Å². The fraction of sp³-hybridized carbons (Fsp3) is 0.259. The normalized spacial score (nSPS) is 17.0. The zero-order valence-electron chi connectivity index (χ0n) is 18.2. The molecule has 5 heteroatoms. The van der Waals surface area contributed by atoms with Crippen molar-refractivity contribution in [1.82, 2.24) is 14.9 Å². The van der Waals surface area contributed by atoms with Gasteiger partial charge in [-0.25, -0.2) is 4.98 Å². The number of H-pyrrole nitrogens is 1. The van der Waals surface area contributed by atoms with Crippen molar-refractivity contribution in [2.45, 2.75) is 38.8 Å². The molecule has 162 valence electrons. The van der Waals surface area contributed by atoms with E-state index in [2.05, 4.69) is 71.4 Å². The summed E-state index contributed by atoms with van der Waals surface area (Å²) >= 11 is 0. The monoisotopic (exact) mass is 425 g/mol. The first-order valence-electron chi connectivity index (χ1n) is 11.2. The maximum absolute atomic E-state index is 11.6. The minimum Gasteiger partial charge on any atom is -0.480 e. The van der Waals surface area contributed by atoms with Gasteiger partial charge in [0.15, 0.2) is 0 Å². The van der Waals surface area contributed by atoms with Crippen LogP contribution in [0.4, 0.5) is 0 Å². The van der Waals surface area contributed by atoms with Gasteiger partial charge in [0.1, 0.15) is 11.9 Å². The summed E-state index contributed by atoms with van der Waals surface area (Å²) in [7, 11) is 0. The summed E-state index contributed by atoms with van der Waals surface area (Å²) in [5.41, 5.74) is 7.68. The van der Waals surface area contributed by atoms with Crippen molar-refractivity contribution in [1.29, 1.82) is 0 Å². The van der Waals surface area contributed by atoms with Crippen LogP contribution >= 0.6 is 0 Å². The van der Waals surface area contributed by atoms with E-state index in [1.807, 2.05) is 12.1 Å². The molecule has 1 atom stereocenters. The van der Waals surface area contributed by atoms with Crippen LogP contribution < -0.4 is 0 Å². The third-order valence-electron chi connectivity index (χ3n) is 6.50. The van der Waals surface area contributed by atoms with Gasteiger partial charge >= 0.3 is 5.97 Å². The molecular weight excluding hydrogens is 398 g/mol. The molecule has 32 heavy (non-hydrogen) atoms. The average Bonchev–Trinajstić information content (AvgIpc) is 3.23. The molecule has 0 bridgehead atoms. The first-order valence-corrected chi connectivity index (χ1v) is 11.2. The van der Waals surface area contributed by atoms with Crippen LogP contribution in [0.15, 0.2) is 66.7 Å². The van der Waals surface area contributed by atoms with Crippen molar-refractivity contribution in [3.63, 3.8) is 0 Å². The van der Waals surface area contributed by atoms with E-state index < -0.39 is 5.97 Å². The number of rotatable bonds is 5. The van der Waals surface area contributed by atoms with Gasteiger partial charge in [-0.2, -0.15) is 0 Å². The van der Waals surface area contributed by atoms with Crippen molar-refractivity contribution < 1.29 is 9.90 Å². The predicted molar refractivity (Wildman–Crippen MR) is 127 cm³/mol. The molecule has 0 amide bonds. The lowest BCUT2D eigenvalue weighted by atomic mass is 9.96. The number of aromatic amines is 1. The number of benzene rings is 3. The number of carbonyl (C=O) groups is 1. The molecule has 1 unspecified atom stereocenters. The van der Waals surface area contributed by atoms with Gasteiger partial charge in [-0.15, -0.1) is 0 Å². The van der Waals surface area contributed by atoms with Crippen LogP contribution in [0.5, 0.6) is 0 Å². The summed E-state index contributed by atoms with van der Waals surface area (Å²) in [6, 6.07) is 22.5. The SMILES string of the molecule is Cc1c(-c2ccccc2)cccc1-c1nc2ccc(CN3CCCCC3C(=O)O)cc2[nH]1. The number of aromatic nitrogens is 2. The smallest absolute Gasteiger partial charge is 0.320 e. The van der Waals surface area contributed by atoms with Gasteiger partial charge in [-0.3, -0.25) is 9.69 Å². The van der Waals surface area contributed by atoms with Gasteiger partial charge in [-0.1, -0.05) is 61.0 Å². The Hall–Kier alpha value is -3.44. The summed E-state index contributed by atoms with van der Waals surface area (Å²) in [5, 5.41) is 9.56. The van der Waals surface area contributed by atoms with Crippen LogP contribution in [0.3, 0.4) is 0 Å². The van der Waals surface area contributed by atoms with Crippen molar-refractivity contribution in [2.75, 3.05) is 6.54 Å². The molecule has 0 aliphatic carbocycles. The molecule has 5 nitrogen and oxygen atoms in total. The molecule has 3 aromatic carbocycles. The van der Waals surface area contributed by atoms with Crippen LogP contribution in [-0.4, -0.2) is 38.5 Å². The van der Waals surface area contributed by atoms with Gasteiger partial charge in [0, 0.05) is 12.1 Å². The number of likely N-dealkylation sites (tertiary alicyclic amines) is 1. The van der Waals surface area contributed by atoms with E-state index in [1.165, 1.54) is 16.7 Å². The zero-order chi connectivity index (χ0) is 22.1. The molecule has 1 fully saturated rings. The van der Waals surface area contributed by atoms with E-state index in [9.17, 15) is 9.90 Å². The summed E-state index contributed by atoms with van der Waals surface area (Å²) < 4.78 is 0. The van der Waals surface area contributed by atoms with Gasteiger partial charge in [0.2, 0.25) is 0 Å². The van der Waals surface area contributed by atoms with Crippen LogP contribution in [0.25, 0.3) is 33.5 Å². The number of hydrogen-bond acceptors (Lipinski definition) is 3. The molecule has 0 radical (unpaired) electrons. The number of carboxylic acids is 1. The summed E-state index contributed by atoms with van der Waals surface area (Å²) in [5.74, 6) is 0.136. The average molecular weight is 426 g/mol. The number of hydrogen-bond donors (Lipinski definition) is 2. The Morgan fingerprint density at radius 1 is 1.06 bits per heavy atom. The highest BCUT2D eigenvalue weighted by Crippen LogP contribution is 2.31. The fourth-order valence-electron chi connectivity index (χ4n) is 4.80. The molecular formula is C27H27N3O2. The maximum atomic E-state index is 11.6. The second-order valence-electron chi connectivity index (χ2n) is 8.60. The highest BCUT2D eigenvalue weighted by molar-refractivity contribution is 5.83. The van der Waals surface area contributed by atoms with Crippen LogP contribution in [0.1, 0.15) is 30.4 Å². The van der Waals surface area contributed by atoms with Crippen molar-refractivity contribution in [2.24, 2.45) is 0 Å². The molecule has 1 aliphatic heterocycles. The Bertz CT molecular complexity index is 1260. The van der Waals surface area contributed by atoms with Gasteiger partial charge in [0.05, 0.1) is 11.0 Å². The van der Waals surface area contributed by atoms with Gasteiger partial charge in [0.25, 0.3) is 0 Å². The summed E-state index contributed by atoms with van der Waals surface area (Å²) in [6.45, 7) is 3.61. The second-order valence-corrected chi connectivity index (χ2v) is 8.60. The minimum absolute atomic E-state index is 0.389. The lowest BCUT2D eigenvalue weighted by molar-refractivity contribution is -0.144. The fourth-order valence-corrected chi connectivity index (χ4v) is 4.80. The molecule has 0 spiro atoms. The molecule has 2 heterocycles. The molecule has 4 aromatic rings. The molecule has 1 aromatic heterocycles. The number of aliphatic carboxylic acids is 1. The Balaban J connectivity index is 1.46. The lowest BCUT2D eigenvalue weighted by Gasteiger charge is -2.32. The first kappa shape index (κ1) is 20.5. The number of fused-ring (bicyclic) bond motifs is 1. The summed E-state index contributed by atoms with van der Waals surface area (Å²) in [4.78, 5) is 22.1. The van der Waals surface area contributed by atoms with Gasteiger partial charge in [-0.05, 0) is 60.7 Å². The van der Waals surface area contributed by atoms with E-state index in [0.717, 1.165) is 53.8 Å². The van der Waals surface area contributed by atoms with Crippen molar-refractivity contribution >= 4 is 17.0 Å². The Morgan fingerprint density at radius 2 is 1.88 bits per heavy atom. The number of nitrogens with zero attached hydrogens (tertiary/aromatic N) is 2. The van der Waals surface area contributed by atoms with Crippen LogP contribution in [0, 0.1) is 6.92 Å². The predicted octanol–water partition coefficient (Wildman–Crippen LogP) is 5.64. The molecule has 1 saturated heterocycles. The standard InChI is InChI=1S/C27H27N3O2/c1-18-21(20-8-3-2-4-9-20)10-7-11-22(18)26-28-23-14-13-19(16-24(23)29-26)17-30-15-6-5-12-25(30)27(31)32/h2-4,7-11,13-14,16,25H,5-6,12,15,17H2,1H3,(H,28,29)(H,31,32). The highest BCUT2D eigenvalue weighted by atomic mass is 16.4. The maximum Gasteiger partial charge on any atom is 0.320 e. The Morgan fingerprint density at radius 3 is 2.69 bits per heavy atom. The van der Waals surface area contributed by atoms with Crippen LogP contribution in [0.2, 0.25) is 0 Å². The van der Waals surface area contributed by atoms with Crippen LogP contribution in [-0.2, 0) is 11.3 Å². The lowest BCUT2D eigenvalue weighted by Crippen LogP contribution is -2.43. The van der Waals surface area contributed by atoms with E-state index >= 15 is 0 Å². The third kappa shape index (κ3) is 3.92. The van der Waals surface area contributed by atoms with Crippen molar-refractivity contribution in [3.8, 4) is 22.5 Å². The molecule has 1 aliphatic rings. The zero-order valence-corrected chi connectivity index (χ0v) is 18.2. The second kappa shape index (κ2) is 8.60. The topological polar surface area (TPSA) is 69.2 Å². The minimum atomic E-state index is -0.719. The van der Waals surface area contributed by atoms with Crippen molar-refractivity contribution in [3.05, 3.63) is 77.9 Å². The highest BCUT2D eigenvalue weighted by Gasteiger charge is 2.28. The Labute approximate surface area is 187 Å². The van der Waals surface area contributed by atoms with Gasteiger partial charge < -0.3 is 10.1 Å². The third-order valence-corrected chi connectivity index (χ3v) is 6.50. The van der Waals surface area contributed by atoms with E-state index in [4.69, 9.17) is 4.98 Å². The first-order chi connectivity index (χ1) is 15.6. The quantitative estimate of drug-likeness (QED) is 0.434. The molecule has 5 rings (SSSR count). The summed E-state index contributed by atoms with van der Waals surface area (Å²) in [6.07, 6.45) is 2.76. The number of nitrogens with one attached hydrogen (secondary N) is 1. The molecule has 0 saturated carbocycles. The van der Waals surface area contributed by atoms with E-state index in [-0.39, 0.29) is 6.04 Å². The number of imidazole rings is 1. The Kier molecular flexibility index (Phi) is 5.50. The number of piperidine rings is 1. The number of carboxylic acid groups (broad SMARTS) is 1.